The van der Waals surface area contributed by atoms with E-state index in [1.165, 1.54) is 0 Å². The maximum atomic E-state index is 12.2. The van der Waals surface area contributed by atoms with Gasteiger partial charge in [0, 0.05) is 3.57 Å². The number of nitrogens with two attached hydrogens (primary N) is 1. The molecule has 0 atom stereocenters. The molecule has 1 heterocycles. The van der Waals surface area contributed by atoms with Crippen molar-refractivity contribution in [2.75, 3.05) is 11.1 Å². The minimum atomic E-state index is -0.698. The van der Waals surface area contributed by atoms with E-state index in [2.05, 4.69) is 32.9 Å². The van der Waals surface area contributed by atoms with E-state index in [1.54, 1.807) is 18.2 Å². The van der Waals surface area contributed by atoms with Crippen molar-refractivity contribution in [1.82, 2.24) is 4.98 Å². The lowest BCUT2D eigenvalue weighted by Gasteiger charge is -2.08. The Kier molecular flexibility index (Phi) is 4.58. The third-order valence-corrected chi connectivity index (χ3v) is 3.51. The Morgan fingerprint density at radius 3 is 2.76 bits per heavy atom. The highest BCUT2D eigenvalue weighted by atomic mass is 127. The van der Waals surface area contributed by atoms with Gasteiger partial charge in [0.1, 0.15) is 17.6 Å². The number of anilines is 2. The SMILES string of the molecule is Nc1cc(C(=O)Nc2ccc(I)cc2Cl)c([N+](=O)[O-])cn1. The van der Waals surface area contributed by atoms with Gasteiger partial charge in [-0.15, -0.1) is 0 Å². The number of nitrogen functional groups attached to an aromatic ring is 1. The first-order chi connectivity index (χ1) is 9.88. The number of hydrogen-bond donors (Lipinski definition) is 2. The van der Waals surface area contributed by atoms with E-state index in [0.717, 1.165) is 15.8 Å². The molecule has 1 aromatic carbocycles. The van der Waals surface area contributed by atoms with Crippen LogP contribution in [0.15, 0.2) is 30.5 Å². The predicted octanol–water partition coefficient (Wildman–Crippen LogP) is 3.08. The molecule has 1 aromatic heterocycles. The molecule has 0 radical (unpaired) electrons. The Balaban J connectivity index is 2.36. The highest BCUT2D eigenvalue weighted by Crippen LogP contribution is 2.26. The van der Waals surface area contributed by atoms with Crippen molar-refractivity contribution in [2.24, 2.45) is 0 Å². The van der Waals surface area contributed by atoms with Crippen LogP contribution in [0.3, 0.4) is 0 Å². The van der Waals surface area contributed by atoms with Crippen LogP contribution in [-0.4, -0.2) is 15.8 Å². The van der Waals surface area contributed by atoms with Crippen molar-refractivity contribution in [2.45, 2.75) is 0 Å². The zero-order chi connectivity index (χ0) is 15.6. The van der Waals surface area contributed by atoms with Crippen LogP contribution in [0.25, 0.3) is 0 Å². The number of halogens is 2. The first-order valence-corrected chi connectivity index (χ1v) is 7.00. The van der Waals surface area contributed by atoms with E-state index in [0.29, 0.717) is 10.7 Å². The van der Waals surface area contributed by atoms with E-state index in [4.69, 9.17) is 17.3 Å². The second kappa shape index (κ2) is 6.22. The van der Waals surface area contributed by atoms with Crippen LogP contribution in [0.1, 0.15) is 10.4 Å². The fourth-order valence-electron chi connectivity index (χ4n) is 1.57. The summed E-state index contributed by atoms with van der Waals surface area (Å²) in [6, 6.07) is 6.16. The largest absolute Gasteiger partial charge is 0.384 e. The number of nitrogens with one attached hydrogen (secondary N) is 1. The van der Waals surface area contributed by atoms with Crippen molar-refractivity contribution >= 4 is 57.3 Å². The molecule has 3 N–H and O–H groups in total. The number of amides is 1. The van der Waals surface area contributed by atoms with Crippen molar-refractivity contribution in [3.63, 3.8) is 0 Å². The number of hydrogen-bond acceptors (Lipinski definition) is 5. The second-order valence-corrected chi connectivity index (χ2v) is 5.61. The fourth-order valence-corrected chi connectivity index (χ4v) is 2.48. The van der Waals surface area contributed by atoms with Gasteiger partial charge in [-0.2, -0.15) is 0 Å². The van der Waals surface area contributed by atoms with Gasteiger partial charge >= 0.3 is 0 Å². The molecular weight excluding hydrogens is 411 g/mol. The molecule has 2 aromatic rings. The van der Waals surface area contributed by atoms with Gasteiger partial charge in [0.25, 0.3) is 11.6 Å². The molecule has 7 nitrogen and oxygen atoms in total. The van der Waals surface area contributed by atoms with Gasteiger partial charge in [0.15, 0.2) is 0 Å². The predicted molar refractivity (Wildman–Crippen MR) is 87.4 cm³/mol. The van der Waals surface area contributed by atoms with Gasteiger partial charge < -0.3 is 11.1 Å². The highest BCUT2D eigenvalue weighted by molar-refractivity contribution is 14.1. The third-order valence-electron chi connectivity index (χ3n) is 2.52. The lowest BCUT2D eigenvalue weighted by atomic mass is 10.2. The molecule has 0 spiro atoms. The Morgan fingerprint density at radius 2 is 2.14 bits per heavy atom. The number of nitrogens with zero attached hydrogens (tertiary/aromatic N) is 2. The lowest BCUT2D eigenvalue weighted by molar-refractivity contribution is -0.385. The topological polar surface area (TPSA) is 111 Å². The molecule has 1 amide bonds. The van der Waals surface area contributed by atoms with Crippen LogP contribution in [0.2, 0.25) is 5.02 Å². The van der Waals surface area contributed by atoms with Crippen molar-refractivity contribution in [3.05, 3.63) is 54.7 Å². The molecular formula is C12H8ClIN4O3. The Morgan fingerprint density at radius 1 is 1.43 bits per heavy atom. The summed E-state index contributed by atoms with van der Waals surface area (Å²) >= 11 is 8.08. The Labute approximate surface area is 137 Å². The average molecular weight is 419 g/mol. The van der Waals surface area contributed by atoms with Gasteiger partial charge in [-0.1, -0.05) is 11.6 Å². The normalized spacial score (nSPS) is 10.2. The minimum Gasteiger partial charge on any atom is -0.384 e. The van der Waals surface area contributed by atoms with Gasteiger partial charge in [-0.25, -0.2) is 4.98 Å². The molecule has 0 bridgehead atoms. The number of aromatic nitrogens is 1. The monoisotopic (exact) mass is 418 g/mol. The summed E-state index contributed by atoms with van der Waals surface area (Å²) < 4.78 is 0.898. The summed E-state index contributed by atoms with van der Waals surface area (Å²) in [5, 5.41) is 13.8. The average Bonchev–Trinajstić information content (AvgIpc) is 2.41. The Hall–Kier alpha value is -1.94. The van der Waals surface area contributed by atoms with Crippen molar-refractivity contribution in [1.29, 1.82) is 0 Å². The first kappa shape index (κ1) is 15.4. The molecule has 108 valence electrons. The van der Waals surface area contributed by atoms with Gasteiger partial charge in [-0.05, 0) is 46.9 Å². The maximum Gasteiger partial charge on any atom is 0.300 e. The zero-order valence-electron chi connectivity index (χ0n) is 10.3. The summed E-state index contributed by atoms with van der Waals surface area (Å²) in [6.07, 6.45) is 0.944. The minimum absolute atomic E-state index is 0.0134. The van der Waals surface area contributed by atoms with Crippen LogP contribution < -0.4 is 11.1 Å². The van der Waals surface area contributed by atoms with E-state index in [1.807, 2.05) is 0 Å². The molecule has 0 saturated heterocycles. The molecule has 0 fully saturated rings. The number of benzene rings is 1. The van der Waals surface area contributed by atoms with Crippen LogP contribution in [0.5, 0.6) is 0 Å². The van der Waals surface area contributed by atoms with Crippen LogP contribution in [-0.2, 0) is 0 Å². The highest BCUT2D eigenvalue weighted by Gasteiger charge is 2.21. The first-order valence-electron chi connectivity index (χ1n) is 5.55. The van der Waals surface area contributed by atoms with Crippen molar-refractivity contribution in [3.8, 4) is 0 Å². The van der Waals surface area contributed by atoms with Crippen molar-refractivity contribution < 1.29 is 9.72 Å². The molecule has 2 rings (SSSR count). The maximum absolute atomic E-state index is 12.2. The molecule has 0 aliphatic rings. The molecule has 0 aliphatic carbocycles. The van der Waals surface area contributed by atoms with E-state index in [-0.39, 0.29) is 11.4 Å². The van der Waals surface area contributed by atoms with E-state index >= 15 is 0 Å². The summed E-state index contributed by atoms with van der Waals surface area (Å²) in [4.78, 5) is 26.0. The zero-order valence-corrected chi connectivity index (χ0v) is 13.3. The molecule has 0 unspecified atom stereocenters. The van der Waals surface area contributed by atoms with Crippen LogP contribution in [0.4, 0.5) is 17.2 Å². The second-order valence-electron chi connectivity index (χ2n) is 3.96. The Bertz CT molecular complexity index is 738. The van der Waals surface area contributed by atoms with Crippen LogP contribution in [0, 0.1) is 13.7 Å². The lowest BCUT2D eigenvalue weighted by Crippen LogP contribution is -2.15. The number of pyridine rings is 1. The smallest absolute Gasteiger partial charge is 0.300 e. The number of nitro groups is 1. The summed E-state index contributed by atoms with van der Waals surface area (Å²) in [7, 11) is 0. The van der Waals surface area contributed by atoms with Gasteiger partial charge in [-0.3, -0.25) is 14.9 Å². The molecule has 0 saturated carbocycles. The van der Waals surface area contributed by atoms with E-state index in [9.17, 15) is 14.9 Å². The molecule has 21 heavy (non-hydrogen) atoms. The fraction of sp³-hybridized carbons (Fsp3) is 0. The summed E-state index contributed by atoms with van der Waals surface area (Å²) in [5.41, 5.74) is 5.22. The summed E-state index contributed by atoms with van der Waals surface area (Å²) in [5.74, 6) is -0.668. The van der Waals surface area contributed by atoms with E-state index < -0.39 is 16.5 Å². The van der Waals surface area contributed by atoms with Crippen LogP contribution >= 0.6 is 34.2 Å². The molecule has 9 heteroatoms. The number of carbonyl (C=O) groups is 1. The summed E-state index contributed by atoms with van der Waals surface area (Å²) in [6.45, 7) is 0. The van der Waals surface area contributed by atoms with Gasteiger partial charge in [0.05, 0.1) is 15.6 Å². The number of carbonyl (C=O) groups excluding carboxylic acids is 1. The van der Waals surface area contributed by atoms with Gasteiger partial charge in [0.2, 0.25) is 0 Å². The molecule has 0 aliphatic heterocycles. The third kappa shape index (κ3) is 3.58. The number of rotatable bonds is 3. The quantitative estimate of drug-likeness (QED) is 0.452. The standard InChI is InChI=1S/C12H8ClIN4O3/c13-8-3-6(14)1-2-9(8)17-12(19)7-4-11(15)16-5-10(7)18(20)21/h1-5H,(H2,15,16)(H,17,19).